The van der Waals surface area contributed by atoms with Crippen molar-refractivity contribution < 1.29 is 9.26 Å². The van der Waals surface area contributed by atoms with Crippen LogP contribution in [0, 0.1) is 0 Å². The van der Waals surface area contributed by atoms with E-state index >= 15 is 0 Å². The van der Waals surface area contributed by atoms with Crippen molar-refractivity contribution in [1.29, 1.82) is 0 Å². The fourth-order valence-electron chi connectivity index (χ4n) is 2.41. The fraction of sp³-hybridized carbons (Fsp3) is 0.375. The number of aromatic nitrogens is 1. The summed E-state index contributed by atoms with van der Waals surface area (Å²) in [7, 11) is 0. The van der Waals surface area contributed by atoms with Gasteiger partial charge in [0.1, 0.15) is 5.69 Å². The molecule has 22 heavy (non-hydrogen) atoms. The Bertz CT molecular complexity index is 639. The zero-order valence-electron chi connectivity index (χ0n) is 12.6. The van der Waals surface area contributed by atoms with Crippen LogP contribution in [0.5, 0.6) is 0 Å². The highest BCUT2D eigenvalue weighted by atomic mass is 16.5. The van der Waals surface area contributed by atoms with Gasteiger partial charge in [-0.3, -0.25) is 0 Å². The highest BCUT2D eigenvalue weighted by Gasteiger charge is 2.18. The zero-order chi connectivity index (χ0) is 15.4. The van der Waals surface area contributed by atoms with Gasteiger partial charge in [-0.05, 0) is 6.92 Å². The first kappa shape index (κ1) is 14.6. The molecule has 0 radical (unpaired) electrons. The largest absolute Gasteiger partial charge is 0.375 e. The summed E-state index contributed by atoms with van der Waals surface area (Å²) in [6.07, 6.45) is 0.180. The van der Waals surface area contributed by atoms with Gasteiger partial charge in [0.05, 0.1) is 19.3 Å². The van der Waals surface area contributed by atoms with E-state index < -0.39 is 0 Å². The predicted molar refractivity (Wildman–Crippen MR) is 84.3 cm³/mol. The van der Waals surface area contributed by atoms with Crippen LogP contribution in [0.15, 0.2) is 45.9 Å². The molecule has 6 nitrogen and oxygen atoms in total. The first-order valence-electron chi connectivity index (χ1n) is 7.40. The van der Waals surface area contributed by atoms with Gasteiger partial charge in [-0.25, -0.2) is 4.99 Å². The van der Waals surface area contributed by atoms with E-state index in [0.717, 1.165) is 30.1 Å². The molecule has 0 aliphatic carbocycles. The molecule has 0 saturated carbocycles. The molecule has 1 aromatic heterocycles. The molecule has 2 N–H and O–H groups in total. The van der Waals surface area contributed by atoms with Crippen LogP contribution in [0.1, 0.15) is 12.6 Å². The van der Waals surface area contributed by atoms with E-state index in [2.05, 4.69) is 10.1 Å². The van der Waals surface area contributed by atoms with Gasteiger partial charge in [-0.1, -0.05) is 35.5 Å². The summed E-state index contributed by atoms with van der Waals surface area (Å²) in [6.45, 7) is 4.66. The number of morpholine rings is 1. The maximum Gasteiger partial charge on any atom is 0.191 e. The summed E-state index contributed by atoms with van der Waals surface area (Å²) >= 11 is 0. The SMILES string of the molecule is CC1CN(C(N)=NCc2cc(-c3ccccc3)on2)CCO1. The maximum atomic E-state index is 6.04. The third kappa shape index (κ3) is 3.46. The molecule has 1 unspecified atom stereocenters. The second kappa shape index (κ2) is 6.62. The number of rotatable bonds is 3. The molecule has 3 rings (SSSR count). The van der Waals surface area contributed by atoms with Crippen LogP contribution in [0.3, 0.4) is 0 Å². The second-order valence-electron chi connectivity index (χ2n) is 5.35. The molecule has 1 aliphatic rings. The monoisotopic (exact) mass is 300 g/mol. The highest BCUT2D eigenvalue weighted by molar-refractivity contribution is 5.78. The van der Waals surface area contributed by atoms with E-state index in [1.807, 2.05) is 48.2 Å². The molecule has 0 bridgehead atoms. The van der Waals surface area contributed by atoms with Gasteiger partial charge in [-0.15, -0.1) is 0 Å². The Kier molecular flexibility index (Phi) is 4.39. The lowest BCUT2D eigenvalue weighted by molar-refractivity contribution is 0.00528. The first-order valence-corrected chi connectivity index (χ1v) is 7.40. The first-order chi connectivity index (χ1) is 10.7. The van der Waals surface area contributed by atoms with Gasteiger partial charge in [0, 0.05) is 24.7 Å². The van der Waals surface area contributed by atoms with Crippen molar-refractivity contribution in [3.63, 3.8) is 0 Å². The zero-order valence-corrected chi connectivity index (χ0v) is 12.6. The smallest absolute Gasteiger partial charge is 0.191 e. The molecular weight excluding hydrogens is 280 g/mol. The van der Waals surface area contributed by atoms with E-state index in [1.165, 1.54) is 0 Å². The lowest BCUT2D eigenvalue weighted by Gasteiger charge is -2.31. The third-order valence-corrected chi connectivity index (χ3v) is 3.59. The number of guanidine groups is 1. The number of nitrogens with two attached hydrogens (primary N) is 1. The van der Waals surface area contributed by atoms with Crippen LogP contribution in [0.2, 0.25) is 0 Å². The Labute approximate surface area is 129 Å². The standard InChI is InChI=1S/C16H20N4O2/c1-12-11-20(7-8-21-12)16(17)18-10-14-9-15(22-19-14)13-5-3-2-4-6-13/h2-6,9,12H,7-8,10-11H2,1H3,(H2,17,18). The van der Waals surface area contributed by atoms with Crippen molar-refractivity contribution in [3.8, 4) is 11.3 Å². The van der Waals surface area contributed by atoms with Gasteiger partial charge >= 0.3 is 0 Å². The summed E-state index contributed by atoms with van der Waals surface area (Å²) in [5, 5.41) is 4.04. The van der Waals surface area contributed by atoms with E-state index in [0.29, 0.717) is 19.1 Å². The Morgan fingerprint density at radius 2 is 2.23 bits per heavy atom. The Hall–Kier alpha value is -2.34. The maximum absolute atomic E-state index is 6.04. The van der Waals surface area contributed by atoms with Crippen molar-refractivity contribution in [2.45, 2.75) is 19.6 Å². The Morgan fingerprint density at radius 3 is 3.00 bits per heavy atom. The molecule has 1 aromatic carbocycles. The quantitative estimate of drug-likeness (QED) is 0.692. The molecule has 2 aromatic rings. The Morgan fingerprint density at radius 1 is 1.41 bits per heavy atom. The van der Waals surface area contributed by atoms with E-state index in [1.54, 1.807) is 0 Å². The minimum atomic E-state index is 0.180. The van der Waals surface area contributed by atoms with Crippen LogP contribution in [0.25, 0.3) is 11.3 Å². The number of ether oxygens (including phenoxy) is 1. The summed E-state index contributed by atoms with van der Waals surface area (Å²) in [4.78, 5) is 6.44. The van der Waals surface area contributed by atoms with Crippen molar-refractivity contribution in [1.82, 2.24) is 10.1 Å². The third-order valence-electron chi connectivity index (χ3n) is 3.59. The summed E-state index contributed by atoms with van der Waals surface area (Å²) in [5.41, 5.74) is 7.81. The minimum Gasteiger partial charge on any atom is -0.375 e. The van der Waals surface area contributed by atoms with Crippen LogP contribution in [-0.2, 0) is 11.3 Å². The molecule has 1 saturated heterocycles. The number of nitrogens with zero attached hydrogens (tertiary/aromatic N) is 3. The van der Waals surface area contributed by atoms with Crippen LogP contribution in [0.4, 0.5) is 0 Å². The van der Waals surface area contributed by atoms with E-state index in [9.17, 15) is 0 Å². The molecule has 2 heterocycles. The van der Waals surface area contributed by atoms with Gasteiger partial charge < -0.3 is 19.9 Å². The molecule has 1 fully saturated rings. The Balaban J connectivity index is 1.64. The molecule has 6 heteroatoms. The van der Waals surface area contributed by atoms with E-state index in [4.69, 9.17) is 15.0 Å². The van der Waals surface area contributed by atoms with Crippen LogP contribution >= 0.6 is 0 Å². The van der Waals surface area contributed by atoms with Gasteiger partial charge in [0.25, 0.3) is 0 Å². The lowest BCUT2D eigenvalue weighted by atomic mass is 10.2. The second-order valence-corrected chi connectivity index (χ2v) is 5.35. The highest BCUT2D eigenvalue weighted by Crippen LogP contribution is 2.20. The fourth-order valence-corrected chi connectivity index (χ4v) is 2.41. The average molecular weight is 300 g/mol. The van der Waals surface area contributed by atoms with Crippen LogP contribution < -0.4 is 5.73 Å². The molecule has 0 spiro atoms. The number of hydrogen-bond donors (Lipinski definition) is 1. The summed E-state index contributed by atoms with van der Waals surface area (Å²) < 4.78 is 10.8. The van der Waals surface area contributed by atoms with Crippen molar-refractivity contribution in [2.24, 2.45) is 10.7 Å². The van der Waals surface area contributed by atoms with Gasteiger partial charge in [0.2, 0.25) is 0 Å². The normalized spacial score (nSPS) is 19.4. The van der Waals surface area contributed by atoms with Crippen molar-refractivity contribution in [3.05, 3.63) is 42.1 Å². The number of benzene rings is 1. The average Bonchev–Trinajstić information content (AvgIpc) is 3.02. The van der Waals surface area contributed by atoms with E-state index in [-0.39, 0.29) is 6.10 Å². The number of aliphatic imine (C=N–C) groups is 1. The van der Waals surface area contributed by atoms with Gasteiger partial charge in [0.15, 0.2) is 11.7 Å². The number of hydrogen-bond acceptors (Lipinski definition) is 4. The molecule has 1 aliphatic heterocycles. The molecular formula is C16H20N4O2. The molecule has 116 valence electrons. The van der Waals surface area contributed by atoms with Crippen molar-refractivity contribution in [2.75, 3.05) is 19.7 Å². The van der Waals surface area contributed by atoms with Crippen LogP contribution in [-0.4, -0.2) is 41.8 Å². The van der Waals surface area contributed by atoms with Crippen molar-refractivity contribution >= 4 is 5.96 Å². The topological polar surface area (TPSA) is 76.9 Å². The predicted octanol–water partition coefficient (Wildman–Crippen LogP) is 1.88. The molecule has 0 amide bonds. The molecule has 1 atom stereocenters. The lowest BCUT2D eigenvalue weighted by Crippen LogP contribution is -2.47. The minimum absolute atomic E-state index is 0.180. The van der Waals surface area contributed by atoms with Gasteiger partial charge in [-0.2, -0.15) is 0 Å². The summed E-state index contributed by atoms with van der Waals surface area (Å²) in [6, 6.07) is 11.8. The summed E-state index contributed by atoms with van der Waals surface area (Å²) in [5.74, 6) is 1.27.